The molecule has 0 unspecified atom stereocenters. The third-order valence-electron chi connectivity index (χ3n) is 2.36. The van der Waals surface area contributed by atoms with Gasteiger partial charge in [-0.25, -0.2) is 4.39 Å². The number of hydrogen-bond acceptors (Lipinski definition) is 2. The van der Waals surface area contributed by atoms with Gasteiger partial charge in [0.25, 0.3) is 0 Å². The summed E-state index contributed by atoms with van der Waals surface area (Å²) in [6, 6.07) is 5.27. The molecule has 0 spiro atoms. The molecule has 7 heteroatoms. The number of halogens is 4. The van der Waals surface area contributed by atoms with Gasteiger partial charge in [0.1, 0.15) is 5.82 Å². The molecule has 0 aliphatic heterocycles. The summed E-state index contributed by atoms with van der Waals surface area (Å²) < 4.78 is 48.9. The summed E-state index contributed by atoms with van der Waals surface area (Å²) in [7, 11) is 0. The quantitative estimate of drug-likeness (QED) is 0.810. The third kappa shape index (κ3) is 5.69. The van der Waals surface area contributed by atoms with Gasteiger partial charge in [-0.05, 0) is 13.0 Å². The predicted molar refractivity (Wildman–Crippen MR) is 61.9 cm³/mol. The molecule has 0 radical (unpaired) electrons. The van der Waals surface area contributed by atoms with E-state index in [1.165, 1.54) is 18.2 Å². The van der Waals surface area contributed by atoms with E-state index >= 15 is 0 Å². The zero-order valence-corrected chi connectivity index (χ0v) is 10.2. The van der Waals surface area contributed by atoms with Crippen molar-refractivity contribution in [1.29, 1.82) is 0 Å². The van der Waals surface area contributed by atoms with Gasteiger partial charge in [0.2, 0.25) is 5.91 Å². The number of carbonyl (C=O) groups excluding carboxylic acids is 1. The van der Waals surface area contributed by atoms with Crippen molar-refractivity contribution >= 4 is 5.91 Å². The first-order valence-electron chi connectivity index (χ1n) is 5.61. The average molecular weight is 278 g/mol. The Hall–Kier alpha value is -1.63. The van der Waals surface area contributed by atoms with Gasteiger partial charge in [0.15, 0.2) is 0 Å². The van der Waals surface area contributed by atoms with E-state index < -0.39 is 37.0 Å². The number of alkyl halides is 3. The van der Waals surface area contributed by atoms with Gasteiger partial charge in [-0.2, -0.15) is 13.2 Å². The third-order valence-corrected chi connectivity index (χ3v) is 2.36. The number of rotatable bonds is 5. The van der Waals surface area contributed by atoms with E-state index in [1.807, 2.05) is 5.32 Å². The van der Waals surface area contributed by atoms with Crippen molar-refractivity contribution in [3.63, 3.8) is 0 Å². The molecule has 1 atom stereocenters. The van der Waals surface area contributed by atoms with Gasteiger partial charge >= 0.3 is 6.18 Å². The first kappa shape index (κ1) is 15.4. The molecule has 1 rings (SSSR count). The molecule has 1 aromatic carbocycles. The molecule has 0 fully saturated rings. The lowest BCUT2D eigenvalue weighted by molar-refractivity contribution is -0.128. The highest BCUT2D eigenvalue weighted by atomic mass is 19.4. The van der Waals surface area contributed by atoms with Crippen LogP contribution in [-0.2, 0) is 4.79 Å². The van der Waals surface area contributed by atoms with Crippen LogP contribution in [0.15, 0.2) is 24.3 Å². The summed E-state index contributed by atoms with van der Waals surface area (Å²) in [4.78, 5) is 11.4. The van der Waals surface area contributed by atoms with Crippen LogP contribution >= 0.6 is 0 Å². The second kappa shape index (κ2) is 6.51. The summed E-state index contributed by atoms with van der Waals surface area (Å²) >= 11 is 0. The Morgan fingerprint density at radius 1 is 1.32 bits per heavy atom. The summed E-state index contributed by atoms with van der Waals surface area (Å²) in [6.45, 7) is -0.160. The largest absolute Gasteiger partial charge is 0.401 e. The van der Waals surface area contributed by atoms with Crippen LogP contribution in [0.2, 0.25) is 0 Å². The van der Waals surface area contributed by atoms with Crippen LogP contribution < -0.4 is 10.6 Å². The van der Waals surface area contributed by atoms with Crippen LogP contribution in [0.25, 0.3) is 0 Å². The summed E-state index contributed by atoms with van der Waals surface area (Å²) in [5.41, 5.74) is 0.284. The average Bonchev–Trinajstić information content (AvgIpc) is 2.27. The number of hydrogen-bond donors (Lipinski definition) is 2. The highest BCUT2D eigenvalue weighted by Crippen LogP contribution is 2.15. The van der Waals surface area contributed by atoms with Crippen molar-refractivity contribution in [3.05, 3.63) is 35.6 Å². The van der Waals surface area contributed by atoms with Crippen molar-refractivity contribution < 1.29 is 22.4 Å². The van der Waals surface area contributed by atoms with Crippen LogP contribution in [0.3, 0.4) is 0 Å². The van der Waals surface area contributed by atoms with E-state index in [2.05, 4.69) is 5.32 Å². The van der Waals surface area contributed by atoms with Gasteiger partial charge in [0, 0.05) is 5.56 Å². The van der Waals surface area contributed by atoms with Gasteiger partial charge in [0.05, 0.1) is 19.1 Å². The van der Waals surface area contributed by atoms with Gasteiger partial charge in [-0.3, -0.25) is 4.79 Å². The van der Waals surface area contributed by atoms with Crippen molar-refractivity contribution in [2.45, 2.75) is 19.1 Å². The molecule has 1 amide bonds. The van der Waals surface area contributed by atoms with E-state index in [4.69, 9.17) is 0 Å². The fourth-order valence-electron chi connectivity index (χ4n) is 1.51. The van der Waals surface area contributed by atoms with Crippen molar-refractivity contribution in [2.75, 3.05) is 13.1 Å². The molecule has 0 aromatic heterocycles. The van der Waals surface area contributed by atoms with E-state index in [9.17, 15) is 22.4 Å². The van der Waals surface area contributed by atoms with Crippen LogP contribution in [0.4, 0.5) is 17.6 Å². The maximum atomic E-state index is 13.4. The Bertz CT molecular complexity index is 434. The van der Waals surface area contributed by atoms with Crippen LogP contribution in [0.1, 0.15) is 18.5 Å². The van der Waals surface area contributed by atoms with Gasteiger partial charge in [-0.15, -0.1) is 0 Å². The fourth-order valence-corrected chi connectivity index (χ4v) is 1.51. The zero-order valence-electron chi connectivity index (χ0n) is 10.2. The molecule has 1 aromatic rings. The number of nitrogens with one attached hydrogen (secondary N) is 2. The van der Waals surface area contributed by atoms with Crippen LogP contribution in [-0.4, -0.2) is 25.2 Å². The molecular weight excluding hydrogens is 264 g/mol. The Morgan fingerprint density at radius 2 is 1.95 bits per heavy atom. The Morgan fingerprint density at radius 3 is 2.53 bits per heavy atom. The van der Waals surface area contributed by atoms with E-state index in [0.29, 0.717) is 0 Å². The molecule has 0 aliphatic carbocycles. The van der Waals surface area contributed by atoms with Gasteiger partial charge in [-0.1, -0.05) is 18.2 Å². The molecule has 3 nitrogen and oxygen atoms in total. The lowest BCUT2D eigenvalue weighted by Crippen LogP contribution is -2.39. The van der Waals surface area contributed by atoms with E-state index in [0.717, 1.165) is 0 Å². The molecular formula is C12H14F4N2O. The highest BCUT2D eigenvalue weighted by Gasteiger charge is 2.26. The summed E-state index contributed by atoms with van der Waals surface area (Å²) in [6.07, 6.45) is -4.36. The molecule has 0 aliphatic rings. The molecule has 0 bridgehead atoms. The Labute approximate surface area is 108 Å². The minimum Gasteiger partial charge on any atom is -0.348 e. The van der Waals surface area contributed by atoms with E-state index in [1.54, 1.807) is 13.0 Å². The monoisotopic (exact) mass is 278 g/mol. The number of benzene rings is 1. The minimum atomic E-state index is -4.36. The van der Waals surface area contributed by atoms with Crippen LogP contribution in [0, 0.1) is 5.82 Å². The van der Waals surface area contributed by atoms with Crippen molar-refractivity contribution in [2.24, 2.45) is 0 Å². The summed E-state index contributed by atoms with van der Waals surface area (Å²) in [5, 5.41) is 4.38. The van der Waals surface area contributed by atoms with Gasteiger partial charge < -0.3 is 10.6 Å². The zero-order chi connectivity index (χ0) is 14.5. The molecule has 0 saturated carbocycles. The topological polar surface area (TPSA) is 41.1 Å². The minimum absolute atomic E-state index is 0.284. The molecule has 106 valence electrons. The Kier molecular flexibility index (Phi) is 5.29. The predicted octanol–water partition coefficient (Wildman–Crippen LogP) is 2.15. The second-order valence-electron chi connectivity index (χ2n) is 4.03. The molecule has 2 N–H and O–H groups in total. The lowest BCUT2D eigenvalue weighted by atomic mass is 10.1. The first-order valence-corrected chi connectivity index (χ1v) is 5.61. The number of carbonyl (C=O) groups is 1. The maximum absolute atomic E-state index is 13.4. The first-order chi connectivity index (χ1) is 8.79. The fraction of sp³-hybridized carbons (Fsp3) is 0.417. The molecule has 19 heavy (non-hydrogen) atoms. The summed E-state index contributed by atoms with van der Waals surface area (Å²) in [5.74, 6) is -1.10. The van der Waals surface area contributed by atoms with Crippen molar-refractivity contribution in [3.8, 4) is 0 Å². The SMILES string of the molecule is C[C@@H](NC(=O)CNCC(F)(F)F)c1ccccc1F. The lowest BCUT2D eigenvalue weighted by Gasteiger charge is -2.15. The van der Waals surface area contributed by atoms with Crippen LogP contribution in [0.5, 0.6) is 0 Å². The normalized spacial score (nSPS) is 13.1. The Balaban J connectivity index is 2.43. The standard InChI is InChI=1S/C12H14F4N2O/c1-8(9-4-2-3-5-10(9)13)18-11(19)6-17-7-12(14,15)16/h2-5,8,17H,6-7H2,1H3,(H,18,19)/t8-/m1/s1. The van der Waals surface area contributed by atoms with Crippen molar-refractivity contribution in [1.82, 2.24) is 10.6 Å². The van der Waals surface area contributed by atoms with E-state index in [-0.39, 0.29) is 5.56 Å². The maximum Gasteiger partial charge on any atom is 0.401 e. The smallest absolute Gasteiger partial charge is 0.348 e. The number of amides is 1. The molecule has 0 saturated heterocycles. The highest BCUT2D eigenvalue weighted by molar-refractivity contribution is 5.78. The molecule has 0 heterocycles. The second-order valence-corrected chi connectivity index (χ2v) is 4.03.